The molecule has 4 unspecified atom stereocenters. The standard InChI is InChI=1S/C34H37FO5/c1-21-17-28-27-14-11-24-18-25(36)15-16-31(24,2)33(27,35)29(37)19-32(28,3)34(21,39)30(38)20-40-26-12-9-23(10-13-26)22-7-5-4-6-8-22/h4-10,12-13,15-16,18,21,27-29,37,39H,11,14,17,19-20H2,1-3H3/t21-,27?,28?,29+,31?,32?,33+,34+/m1/s1. The number of aliphatic hydroxyl groups is 2. The van der Waals surface area contributed by atoms with E-state index < -0.39 is 45.8 Å². The Morgan fingerprint density at radius 1 is 1.05 bits per heavy atom. The van der Waals surface area contributed by atoms with Gasteiger partial charge in [0.05, 0.1) is 6.10 Å². The maximum atomic E-state index is 17.3. The van der Waals surface area contributed by atoms with Crippen molar-refractivity contribution in [2.45, 2.75) is 63.8 Å². The molecule has 4 aliphatic rings. The van der Waals surface area contributed by atoms with Crippen LogP contribution in [0.25, 0.3) is 11.1 Å². The van der Waals surface area contributed by atoms with Crippen molar-refractivity contribution in [1.29, 1.82) is 0 Å². The summed E-state index contributed by atoms with van der Waals surface area (Å²) in [6.07, 6.45) is 4.56. The van der Waals surface area contributed by atoms with Gasteiger partial charge in [-0.05, 0) is 79.9 Å². The molecule has 0 heterocycles. The van der Waals surface area contributed by atoms with E-state index in [4.69, 9.17) is 4.74 Å². The monoisotopic (exact) mass is 544 g/mol. The minimum atomic E-state index is -2.00. The topological polar surface area (TPSA) is 83.8 Å². The van der Waals surface area contributed by atoms with Crippen LogP contribution in [-0.2, 0) is 9.59 Å². The number of hydrogen-bond donors (Lipinski definition) is 2. The highest BCUT2D eigenvalue weighted by Crippen LogP contribution is 2.70. The summed E-state index contributed by atoms with van der Waals surface area (Å²) in [5.41, 5.74) is -3.07. The minimum absolute atomic E-state index is 0.0479. The van der Waals surface area contributed by atoms with Gasteiger partial charge in [0.2, 0.25) is 5.78 Å². The number of allylic oxidation sites excluding steroid dienone is 4. The number of carbonyl (C=O) groups is 2. The van der Waals surface area contributed by atoms with Crippen molar-refractivity contribution in [3.63, 3.8) is 0 Å². The van der Waals surface area contributed by atoms with Crippen LogP contribution in [-0.4, -0.2) is 45.8 Å². The SMILES string of the molecule is C[C@@H]1CC2C3CCC4=CC(=O)C=CC4(C)[C@@]3(F)[C@@H](O)CC2(C)[C@@]1(O)C(=O)COc1ccc(-c2ccccc2)cc1. The van der Waals surface area contributed by atoms with Crippen LogP contribution in [0.2, 0.25) is 0 Å². The highest BCUT2D eigenvalue weighted by Gasteiger charge is 2.75. The maximum absolute atomic E-state index is 17.3. The van der Waals surface area contributed by atoms with Crippen molar-refractivity contribution in [2.24, 2.45) is 28.6 Å². The first-order valence-corrected chi connectivity index (χ1v) is 14.3. The number of Topliss-reactive ketones (excluding diaryl/α,β-unsaturated/α-hetero) is 1. The molecule has 3 fully saturated rings. The number of hydrogen-bond acceptors (Lipinski definition) is 5. The third-order valence-electron chi connectivity index (χ3n) is 11.0. The molecule has 0 saturated heterocycles. The number of benzene rings is 2. The minimum Gasteiger partial charge on any atom is -0.486 e. The summed E-state index contributed by atoms with van der Waals surface area (Å²) < 4.78 is 23.2. The fraction of sp³-hybridized carbons (Fsp3) is 0.471. The first-order valence-electron chi connectivity index (χ1n) is 14.3. The summed E-state index contributed by atoms with van der Waals surface area (Å²) in [6.45, 7) is 5.14. The first kappa shape index (κ1) is 27.1. The van der Waals surface area contributed by atoms with E-state index in [9.17, 15) is 19.8 Å². The molecule has 2 aromatic carbocycles. The predicted octanol–water partition coefficient (Wildman–Crippen LogP) is 5.65. The van der Waals surface area contributed by atoms with Crippen LogP contribution in [0.5, 0.6) is 5.75 Å². The molecular formula is C34H37FO5. The van der Waals surface area contributed by atoms with Gasteiger partial charge >= 0.3 is 0 Å². The molecule has 6 heteroatoms. The average molecular weight is 545 g/mol. The van der Waals surface area contributed by atoms with Crippen molar-refractivity contribution in [3.05, 3.63) is 78.4 Å². The lowest BCUT2D eigenvalue weighted by Gasteiger charge is -2.62. The summed E-state index contributed by atoms with van der Waals surface area (Å²) in [6, 6.07) is 17.4. The number of alkyl halides is 1. The highest BCUT2D eigenvalue weighted by atomic mass is 19.1. The Labute approximate surface area is 234 Å². The molecule has 4 aliphatic carbocycles. The lowest BCUT2D eigenvalue weighted by Crippen LogP contribution is -2.69. The molecule has 0 amide bonds. The van der Waals surface area contributed by atoms with E-state index in [1.807, 2.05) is 56.3 Å². The summed E-state index contributed by atoms with van der Waals surface area (Å²) >= 11 is 0. The third-order valence-corrected chi connectivity index (χ3v) is 11.0. The number of carbonyl (C=O) groups excluding carboxylic acids is 2. The average Bonchev–Trinajstić information content (AvgIpc) is 3.15. The van der Waals surface area contributed by atoms with E-state index in [1.165, 1.54) is 12.2 Å². The zero-order valence-electron chi connectivity index (χ0n) is 23.3. The third kappa shape index (κ3) is 3.58. The van der Waals surface area contributed by atoms with Crippen LogP contribution >= 0.6 is 0 Å². The van der Waals surface area contributed by atoms with Crippen LogP contribution in [0, 0.1) is 28.6 Å². The van der Waals surface area contributed by atoms with E-state index >= 15 is 4.39 Å². The van der Waals surface area contributed by atoms with Gasteiger partial charge in [-0.1, -0.05) is 68.0 Å². The largest absolute Gasteiger partial charge is 0.486 e. The summed E-state index contributed by atoms with van der Waals surface area (Å²) in [5.74, 6) is -1.37. The van der Waals surface area contributed by atoms with E-state index in [0.717, 1.165) is 11.1 Å². The quantitative estimate of drug-likeness (QED) is 0.508. The highest BCUT2D eigenvalue weighted by molar-refractivity contribution is 6.01. The van der Waals surface area contributed by atoms with Crippen molar-refractivity contribution in [2.75, 3.05) is 6.61 Å². The summed E-state index contributed by atoms with van der Waals surface area (Å²) in [5, 5.41) is 23.6. The van der Waals surface area contributed by atoms with Gasteiger partial charge in [-0.3, -0.25) is 9.59 Å². The van der Waals surface area contributed by atoms with Crippen LogP contribution in [0.4, 0.5) is 4.39 Å². The zero-order valence-corrected chi connectivity index (χ0v) is 23.3. The zero-order chi connectivity index (χ0) is 28.5. The van der Waals surface area contributed by atoms with Gasteiger partial charge < -0.3 is 14.9 Å². The van der Waals surface area contributed by atoms with Gasteiger partial charge in [0.15, 0.2) is 11.5 Å². The van der Waals surface area contributed by atoms with E-state index in [-0.39, 0.29) is 24.7 Å². The van der Waals surface area contributed by atoms with Gasteiger partial charge in [0.25, 0.3) is 0 Å². The Kier molecular flexibility index (Phi) is 6.24. The molecule has 8 atom stereocenters. The van der Waals surface area contributed by atoms with Crippen LogP contribution in [0.1, 0.15) is 46.5 Å². The van der Waals surface area contributed by atoms with Crippen molar-refractivity contribution in [1.82, 2.24) is 0 Å². The Balaban J connectivity index is 1.24. The molecule has 0 bridgehead atoms. The number of rotatable bonds is 5. The van der Waals surface area contributed by atoms with E-state index in [2.05, 4.69) is 0 Å². The fourth-order valence-electron chi connectivity index (χ4n) is 8.77. The summed E-state index contributed by atoms with van der Waals surface area (Å²) in [7, 11) is 0. The normalized spacial score (nSPS) is 40.0. The molecule has 3 saturated carbocycles. The smallest absolute Gasteiger partial charge is 0.202 e. The van der Waals surface area contributed by atoms with Crippen LogP contribution < -0.4 is 4.74 Å². The van der Waals surface area contributed by atoms with Gasteiger partial charge in [0, 0.05) is 16.7 Å². The molecule has 2 N–H and O–H groups in total. The lowest BCUT2D eigenvalue weighted by molar-refractivity contribution is -0.219. The molecule has 5 nitrogen and oxygen atoms in total. The molecule has 0 aromatic heterocycles. The van der Waals surface area contributed by atoms with Gasteiger partial charge in [-0.25, -0.2) is 4.39 Å². The molecule has 0 radical (unpaired) electrons. The number of aliphatic hydroxyl groups excluding tert-OH is 1. The second-order valence-corrected chi connectivity index (χ2v) is 12.8. The molecule has 6 rings (SSSR count). The van der Waals surface area contributed by atoms with E-state index in [1.54, 1.807) is 25.1 Å². The van der Waals surface area contributed by atoms with E-state index in [0.29, 0.717) is 30.6 Å². The van der Waals surface area contributed by atoms with Crippen LogP contribution in [0.15, 0.2) is 78.4 Å². The number of fused-ring (bicyclic) bond motifs is 5. The fourth-order valence-corrected chi connectivity index (χ4v) is 8.77. The van der Waals surface area contributed by atoms with Gasteiger partial charge in [-0.2, -0.15) is 0 Å². The van der Waals surface area contributed by atoms with Gasteiger partial charge in [0.1, 0.15) is 18.0 Å². The number of ketones is 2. The van der Waals surface area contributed by atoms with Crippen molar-refractivity contribution >= 4 is 11.6 Å². The summed E-state index contributed by atoms with van der Waals surface area (Å²) in [4.78, 5) is 25.8. The molecule has 210 valence electrons. The Bertz CT molecular complexity index is 1400. The molecule has 0 spiro atoms. The first-order chi connectivity index (χ1) is 18.9. The van der Waals surface area contributed by atoms with Gasteiger partial charge in [-0.15, -0.1) is 0 Å². The second-order valence-electron chi connectivity index (χ2n) is 12.8. The van der Waals surface area contributed by atoms with Crippen molar-refractivity contribution < 1.29 is 28.9 Å². The molecule has 0 aliphatic heterocycles. The molecule has 2 aromatic rings. The predicted molar refractivity (Wildman–Crippen MR) is 150 cm³/mol. The molecule has 40 heavy (non-hydrogen) atoms. The second kappa shape index (κ2) is 9.22. The van der Waals surface area contributed by atoms with Crippen LogP contribution in [0.3, 0.4) is 0 Å². The Morgan fingerprint density at radius 3 is 2.42 bits per heavy atom. The lowest BCUT2D eigenvalue weighted by atomic mass is 9.44. The number of ether oxygens (including phenoxy) is 1. The Hall–Kier alpha value is -3.09. The Morgan fingerprint density at radius 2 is 1.73 bits per heavy atom. The molecular weight excluding hydrogens is 507 g/mol. The van der Waals surface area contributed by atoms with Crippen molar-refractivity contribution in [3.8, 4) is 16.9 Å². The number of halogens is 1. The maximum Gasteiger partial charge on any atom is 0.202 e.